The molecule has 1 aliphatic carbocycles. The molecule has 0 N–H and O–H groups in total. The number of nitrogens with zero attached hydrogens (tertiary/aromatic N) is 1. The van der Waals surface area contributed by atoms with Gasteiger partial charge in [0.25, 0.3) is 0 Å². The molecule has 0 unspecified atom stereocenters. The molecule has 0 amide bonds. The molecular weight excluding hydrogens is 619 g/mol. The third-order valence-corrected chi connectivity index (χ3v) is 10.8. The third-order valence-electron chi connectivity index (χ3n) is 10.8. The van der Waals surface area contributed by atoms with Crippen LogP contribution in [0.25, 0.3) is 66.1 Å². The van der Waals surface area contributed by atoms with E-state index in [1.54, 1.807) is 0 Å². The summed E-state index contributed by atoms with van der Waals surface area (Å²) in [7, 11) is 0. The van der Waals surface area contributed by atoms with E-state index >= 15 is 0 Å². The van der Waals surface area contributed by atoms with Crippen molar-refractivity contribution in [2.24, 2.45) is 0 Å². The number of hydrogen-bond acceptors (Lipinski definition) is 2. The van der Waals surface area contributed by atoms with Crippen molar-refractivity contribution in [2.45, 2.75) is 19.3 Å². The fourth-order valence-electron chi connectivity index (χ4n) is 8.30. The summed E-state index contributed by atoms with van der Waals surface area (Å²) < 4.78 is 6.64. The first-order valence-electron chi connectivity index (χ1n) is 17.7. The fraction of sp³-hybridized carbons (Fsp3) is 0.0612. The lowest BCUT2D eigenvalue weighted by atomic mass is 9.82. The van der Waals surface area contributed by atoms with E-state index in [0.717, 1.165) is 49.8 Å². The predicted octanol–water partition coefficient (Wildman–Crippen LogP) is 13.8. The summed E-state index contributed by atoms with van der Waals surface area (Å²) in [6.07, 6.45) is 0. The van der Waals surface area contributed by atoms with Gasteiger partial charge in [0.05, 0.1) is 0 Å². The minimum Gasteiger partial charge on any atom is -0.455 e. The second-order valence-electron chi connectivity index (χ2n) is 14.1. The van der Waals surface area contributed by atoms with Crippen molar-refractivity contribution in [3.8, 4) is 33.4 Å². The van der Waals surface area contributed by atoms with Gasteiger partial charge in [-0.2, -0.15) is 0 Å². The Balaban J connectivity index is 1.19. The summed E-state index contributed by atoms with van der Waals surface area (Å²) >= 11 is 0. The largest absolute Gasteiger partial charge is 0.455 e. The molecule has 1 heterocycles. The molecule has 0 saturated heterocycles. The second-order valence-corrected chi connectivity index (χ2v) is 14.1. The Morgan fingerprint density at radius 3 is 1.84 bits per heavy atom. The Bertz CT molecular complexity index is 2760. The van der Waals surface area contributed by atoms with Crippen molar-refractivity contribution in [1.29, 1.82) is 0 Å². The molecule has 51 heavy (non-hydrogen) atoms. The molecule has 1 aromatic heterocycles. The second kappa shape index (κ2) is 11.3. The van der Waals surface area contributed by atoms with Gasteiger partial charge in [0.1, 0.15) is 11.2 Å². The van der Waals surface area contributed by atoms with Crippen LogP contribution in [0, 0.1) is 0 Å². The van der Waals surface area contributed by atoms with Gasteiger partial charge in [0.2, 0.25) is 0 Å². The molecule has 0 aliphatic heterocycles. The van der Waals surface area contributed by atoms with E-state index in [4.69, 9.17) is 4.42 Å². The van der Waals surface area contributed by atoms with Gasteiger partial charge in [-0.05, 0) is 104 Å². The minimum absolute atomic E-state index is 0.106. The van der Waals surface area contributed by atoms with Crippen LogP contribution in [0.2, 0.25) is 0 Å². The van der Waals surface area contributed by atoms with Gasteiger partial charge in [0, 0.05) is 38.6 Å². The number of furan rings is 1. The first-order chi connectivity index (χ1) is 25.0. The number of benzene rings is 8. The van der Waals surface area contributed by atoms with Crippen molar-refractivity contribution in [3.05, 3.63) is 187 Å². The highest BCUT2D eigenvalue weighted by Gasteiger charge is 2.35. The quantitative estimate of drug-likeness (QED) is 0.184. The Kier molecular flexibility index (Phi) is 6.56. The first-order valence-corrected chi connectivity index (χ1v) is 17.7. The zero-order chi connectivity index (χ0) is 34.1. The molecule has 2 nitrogen and oxygen atoms in total. The highest BCUT2D eigenvalue weighted by Crippen LogP contribution is 2.51. The highest BCUT2D eigenvalue weighted by atomic mass is 16.3. The highest BCUT2D eigenvalue weighted by molar-refractivity contribution is 6.21. The van der Waals surface area contributed by atoms with E-state index in [1.807, 2.05) is 6.07 Å². The van der Waals surface area contributed by atoms with Gasteiger partial charge >= 0.3 is 0 Å². The molecular formula is C49H35NO. The van der Waals surface area contributed by atoms with Gasteiger partial charge in [-0.15, -0.1) is 0 Å². The minimum atomic E-state index is -0.106. The molecule has 242 valence electrons. The van der Waals surface area contributed by atoms with Crippen LogP contribution < -0.4 is 4.90 Å². The third kappa shape index (κ3) is 4.64. The number of hydrogen-bond donors (Lipinski definition) is 0. The molecule has 0 spiro atoms. The van der Waals surface area contributed by atoms with Crippen LogP contribution in [0.3, 0.4) is 0 Å². The summed E-state index contributed by atoms with van der Waals surface area (Å²) in [6.45, 7) is 4.69. The molecule has 10 rings (SSSR count). The monoisotopic (exact) mass is 653 g/mol. The van der Waals surface area contributed by atoms with Crippen molar-refractivity contribution >= 4 is 49.8 Å². The lowest BCUT2D eigenvalue weighted by Crippen LogP contribution is -2.16. The smallest absolute Gasteiger partial charge is 0.143 e. The topological polar surface area (TPSA) is 16.4 Å². The maximum absolute atomic E-state index is 6.64. The molecule has 2 heteroatoms. The van der Waals surface area contributed by atoms with E-state index in [0.29, 0.717) is 0 Å². The zero-order valence-electron chi connectivity index (χ0n) is 28.6. The Labute approximate surface area is 297 Å². The van der Waals surface area contributed by atoms with Crippen LogP contribution in [0.4, 0.5) is 17.1 Å². The van der Waals surface area contributed by atoms with Crippen LogP contribution in [-0.2, 0) is 5.41 Å². The summed E-state index contributed by atoms with van der Waals surface area (Å²) in [6, 6.07) is 63.6. The van der Waals surface area contributed by atoms with Gasteiger partial charge in [0.15, 0.2) is 0 Å². The van der Waals surface area contributed by atoms with Gasteiger partial charge < -0.3 is 9.32 Å². The molecule has 1 aliphatic rings. The Morgan fingerprint density at radius 2 is 1.04 bits per heavy atom. The maximum Gasteiger partial charge on any atom is 0.143 e. The summed E-state index contributed by atoms with van der Waals surface area (Å²) in [5.74, 6) is 0. The Morgan fingerprint density at radius 1 is 0.431 bits per heavy atom. The number of fused-ring (bicyclic) bond motifs is 8. The van der Waals surface area contributed by atoms with Crippen LogP contribution in [0.15, 0.2) is 180 Å². The first kappa shape index (κ1) is 29.5. The molecule has 8 aromatic carbocycles. The molecule has 9 aromatic rings. The van der Waals surface area contributed by atoms with Crippen molar-refractivity contribution in [2.75, 3.05) is 4.90 Å². The van der Waals surface area contributed by atoms with Crippen LogP contribution in [0.1, 0.15) is 25.0 Å². The average molecular weight is 654 g/mol. The van der Waals surface area contributed by atoms with Crippen molar-refractivity contribution < 1.29 is 4.42 Å². The van der Waals surface area contributed by atoms with Gasteiger partial charge in [-0.1, -0.05) is 135 Å². The maximum atomic E-state index is 6.64. The van der Waals surface area contributed by atoms with E-state index in [2.05, 4.69) is 189 Å². The van der Waals surface area contributed by atoms with Gasteiger partial charge in [-0.25, -0.2) is 0 Å². The van der Waals surface area contributed by atoms with Crippen LogP contribution in [-0.4, -0.2) is 0 Å². The lowest BCUT2D eigenvalue weighted by molar-refractivity contribution is 0.660. The van der Waals surface area contributed by atoms with E-state index < -0.39 is 0 Å². The Hall–Kier alpha value is -6.38. The molecule has 0 atom stereocenters. The van der Waals surface area contributed by atoms with Gasteiger partial charge in [-0.3, -0.25) is 0 Å². The van der Waals surface area contributed by atoms with E-state index in [9.17, 15) is 0 Å². The van der Waals surface area contributed by atoms with Crippen LogP contribution in [0.5, 0.6) is 0 Å². The zero-order valence-corrected chi connectivity index (χ0v) is 28.6. The van der Waals surface area contributed by atoms with E-state index in [1.165, 1.54) is 44.5 Å². The normalized spacial score (nSPS) is 13.1. The predicted molar refractivity (Wildman–Crippen MR) is 214 cm³/mol. The number of anilines is 3. The molecule has 0 bridgehead atoms. The SMILES string of the molecule is CC1(C)c2ccccc2-c2ccc(N(c3ccc(-c4ccccc4)cc3)c3ccc4c(c3)cc(-c3ccccc3)c3c5ccccc5oc43)cc21. The number of rotatable bonds is 5. The summed E-state index contributed by atoms with van der Waals surface area (Å²) in [4.78, 5) is 2.40. The van der Waals surface area contributed by atoms with Crippen molar-refractivity contribution in [1.82, 2.24) is 0 Å². The fourth-order valence-corrected chi connectivity index (χ4v) is 8.30. The summed E-state index contributed by atoms with van der Waals surface area (Å²) in [5, 5.41) is 4.54. The van der Waals surface area contributed by atoms with Crippen molar-refractivity contribution in [3.63, 3.8) is 0 Å². The standard InChI is InChI=1S/C49H35NO/c1-49(2)44-19-11-9-17-40(44)41-28-26-38(31-45(41)49)50(36-23-21-33(22-24-36)32-13-5-3-6-14-32)37-25-27-39-35(29-37)30-43(34-15-7-4-8-16-34)47-42-18-10-12-20-46(42)51-48(39)47/h3-31H,1-2H3. The molecule has 0 saturated carbocycles. The summed E-state index contributed by atoms with van der Waals surface area (Å²) in [5.41, 5.74) is 15.2. The van der Waals surface area contributed by atoms with Crippen LogP contribution >= 0.6 is 0 Å². The number of para-hydroxylation sites is 1. The average Bonchev–Trinajstić information content (AvgIpc) is 3.68. The molecule has 0 fully saturated rings. The van der Waals surface area contributed by atoms with E-state index in [-0.39, 0.29) is 5.41 Å². The molecule has 0 radical (unpaired) electrons. The lowest BCUT2D eigenvalue weighted by Gasteiger charge is -2.28.